The molecule has 0 aliphatic rings. The van der Waals surface area contributed by atoms with Crippen molar-refractivity contribution in [3.8, 4) is 11.5 Å². The molecule has 0 saturated heterocycles. The number of hydrogen-bond acceptors (Lipinski definition) is 2. The normalized spacial score (nSPS) is 11.6. The Labute approximate surface area is 185 Å². The Hall–Kier alpha value is -2.89. The SMILES string of the molecule is C[S+](C)(=O)Cc1ccc(Oc2ccccc2)cc1.Fc1c(F)c(F)c([B-](F)(F)F)c(F)c1F. The summed E-state index contributed by atoms with van der Waals surface area (Å²) in [6.07, 6.45) is 3.56. The van der Waals surface area contributed by atoms with E-state index in [-0.39, 0.29) is 0 Å². The lowest BCUT2D eigenvalue weighted by atomic mass is 9.79. The summed E-state index contributed by atoms with van der Waals surface area (Å²) in [4.78, 5) is 0. The number of hydrogen-bond donors (Lipinski definition) is 0. The van der Waals surface area contributed by atoms with Gasteiger partial charge in [0, 0.05) is 5.56 Å². The van der Waals surface area contributed by atoms with Gasteiger partial charge in [-0.25, -0.2) is 22.0 Å². The van der Waals surface area contributed by atoms with Crippen molar-refractivity contribution in [3.63, 3.8) is 0 Å². The fourth-order valence-corrected chi connectivity index (χ4v) is 3.58. The van der Waals surface area contributed by atoms with E-state index in [1.165, 1.54) is 0 Å². The molecule has 0 fully saturated rings. The number of para-hydroxylation sites is 1. The van der Waals surface area contributed by atoms with Crippen LogP contribution in [0.5, 0.6) is 11.5 Å². The zero-order valence-corrected chi connectivity index (χ0v) is 18.0. The van der Waals surface area contributed by atoms with Crippen LogP contribution in [0.15, 0.2) is 54.6 Å². The number of ether oxygens (including phenoxy) is 1. The minimum absolute atomic E-state index is 0.610. The van der Waals surface area contributed by atoms with E-state index in [1.54, 1.807) is 12.5 Å². The fraction of sp³-hybridized carbons (Fsp3) is 0.143. The lowest BCUT2D eigenvalue weighted by Gasteiger charge is -2.17. The summed E-state index contributed by atoms with van der Waals surface area (Å²) >= 11 is 0. The highest BCUT2D eigenvalue weighted by Crippen LogP contribution is 2.23. The third kappa shape index (κ3) is 7.31. The van der Waals surface area contributed by atoms with E-state index < -0.39 is 51.5 Å². The standard InChI is InChI=1S/C15H17O2S.C6BF8/c1-18(2,16)12-13-8-10-15(11-9-13)17-14-6-4-3-5-7-14;8-2-1(7(13,14)15)3(9)5(11)6(12)4(2)10/h3-11H,12H2,1-2H3;/q+1;-1. The summed E-state index contributed by atoms with van der Waals surface area (Å²) in [5.41, 5.74) is -1.66. The van der Waals surface area contributed by atoms with Crippen molar-refractivity contribution in [1.29, 1.82) is 0 Å². The fourth-order valence-electron chi connectivity index (χ4n) is 2.59. The van der Waals surface area contributed by atoms with Crippen LogP contribution in [0.4, 0.5) is 34.9 Å². The Morgan fingerprint density at radius 2 is 1.12 bits per heavy atom. The Morgan fingerprint density at radius 3 is 1.55 bits per heavy atom. The molecule has 12 heteroatoms. The van der Waals surface area contributed by atoms with Crippen LogP contribution in [0.25, 0.3) is 0 Å². The van der Waals surface area contributed by atoms with Crippen LogP contribution in [0.1, 0.15) is 5.56 Å². The van der Waals surface area contributed by atoms with Gasteiger partial charge in [-0.3, -0.25) is 0 Å². The highest BCUT2D eigenvalue weighted by Gasteiger charge is 2.37. The molecule has 33 heavy (non-hydrogen) atoms. The van der Waals surface area contributed by atoms with Crippen LogP contribution >= 0.6 is 0 Å². The molecule has 0 spiro atoms. The number of halogens is 8. The largest absolute Gasteiger partial charge is 0.515 e. The third-order valence-corrected chi connectivity index (χ3v) is 5.02. The van der Waals surface area contributed by atoms with E-state index in [0.717, 1.165) is 17.1 Å². The molecule has 0 aliphatic carbocycles. The van der Waals surface area contributed by atoms with E-state index in [0.29, 0.717) is 5.75 Å². The Bertz CT molecular complexity index is 1120. The first kappa shape index (κ1) is 26.4. The maximum Gasteiger partial charge on any atom is 0.515 e. The second kappa shape index (κ2) is 10.4. The molecule has 0 atom stereocenters. The van der Waals surface area contributed by atoms with Crippen LogP contribution in [0, 0.1) is 29.1 Å². The summed E-state index contributed by atoms with van der Waals surface area (Å²) in [5.74, 6) is -11.3. The van der Waals surface area contributed by atoms with Crippen molar-refractivity contribution in [3.05, 3.63) is 89.2 Å². The molecule has 0 heterocycles. The molecule has 0 aromatic heterocycles. The summed E-state index contributed by atoms with van der Waals surface area (Å²) in [5, 5.41) is 0. The molecular formula is C21H17BF8O2S. The zero-order valence-electron chi connectivity index (χ0n) is 17.2. The lowest BCUT2D eigenvalue weighted by molar-refractivity contribution is 0.377. The van der Waals surface area contributed by atoms with Gasteiger partial charge in [0.1, 0.15) is 41.4 Å². The molecular weight excluding hydrogens is 479 g/mol. The summed E-state index contributed by atoms with van der Waals surface area (Å²) in [6.45, 7) is -6.30. The maximum absolute atomic E-state index is 12.5. The lowest BCUT2D eigenvalue weighted by Crippen LogP contribution is -2.41. The summed E-state index contributed by atoms with van der Waals surface area (Å²) < 4.78 is 115. The molecule has 0 aliphatic heterocycles. The first-order valence-corrected chi connectivity index (χ1v) is 11.7. The second-order valence-electron chi connectivity index (χ2n) is 7.20. The van der Waals surface area contributed by atoms with Crippen molar-refractivity contribution in [2.75, 3.05) is 12.5 Å². The minimum atomic E-state index is -6.30. The van der Waals surface area contributed by atoms with Crippen molar-refractivity contribution in [2.45, 2.75) is 5.75 Å². The van der Waals surface area contributed by atoms with E-state index in [2.05, 4.69) is 0 Å². The third-order valence-electron chi connectivity index (χ3n) is 3.99. The monoisotopic (exact) mass is 496 g/mol. The van der Waals surface area contributed by atoms with Crippen LogP contribution in [0.3, 0.4) is 0 Å². The van der Waals surface area contributed by atoms with E-state index in [9.17, 15) is 39.1 Å². The summed E-state index contributed by atoms with van der Waals surface area (Å²) in [6, 6.07) is 17.4. The van der Waals surface area contributed by atoms with E-state index >= 15 is 0 Å². The molecule has 0 bridgehead atoms. The number of rotatable bonds is 5. The predicted molar refractivity (Wildman–Crippen MR) is 112 cm³/mol. The van der Waals surface area contributed by atoms with Crippen molar-refractivity contribution >= 4 is 22.4 Å². The molecule has 178 valence electrons. The van der Waals surface area contributed by atoms with Gasteiger partial charge in [-0.1, -0.05) is 30.3 Å². The molecule has 0 unspecified atom stereocenters. The summed E-state index contributed by atoms with van der Waals surface area (Å²) in [7, 11) is -1.74. The van der Waals surface area contributed by atoms with E-state index in [1.807, 2.05) is 54.6 Å². The topological polar surface area (TPSA) is 26.3 Å². The minimum Gasteiger partial charge on any atom is -0.457 e. The van der Waals surface area contributed by atoms with Gasteiger partial charge in [-0.05, 0) is 29.7 Å². The molecule has 0 radical (unpaired) electrons. The van der Waals surface area contributed by atoms with Gasteiger partial charge < -0.3 is 17.7 Å². The van der Waals surface area contributed by atoms with Gasteiger partial charge >= 0.3 is 6.98 Å². The smallest absolute Gasteiger partial charge is 0.457 e. The van der Waals surface area contributed by atoms with Crippen molar-refractivity contribution in [1.82, 2.24) is 0 Å². The molecule has 3 rings (SSSR count). The molecule has 0 N–H and O–H groups in total. The molecule has 0 amide bonds. The van der Waals surface area contributed by atoms with Gasteiger partial charge in [-0.15, -0.1) is 4.21 Å². The Kier molecular flexibility index (Phi) is 8.28. The first-order valence-electron chi connectivity index (χ1n) is 9.15. The molecule has 3 aromatic carbocycles. The molecule has 3 aromatic rings. The van der Waals surface area contributed by atoms with Crippen LogP contribution < -0.4 is 10.2 Å². The predicted octanol–water partition coefficient (Wildman–Crippen LogP) is 6.17. The van der Waals surface area contributed by atoms with Gasteiger partial charge in [0.2, 0.25) is 0 Å². The maximum atomic E-state index is 12.5. The van der Waals surface area contributed by atoms with E-state index in [4.69, 9.17) is 4.74 Å². The Balaban J connectivity index is 0.000000238. The zero-order chi connectivity index (χ0) is 25.0. The van der Waals surface area contributed by atoms with Crippen LogP contribution in [-0.2, 0) is 19.9 Å². The van der Waals surface area contributed by atoms with Gasteiger partial charge in [0.05, 0.1) is 9.93 Å². The quantitative estimate of drug-likeness (QED) is 0.139. The molecule has 0 saturated carbocycles. The van der Waals surface area contributed by atoms with Gasteiger partial charge in [0.25, 0.3) is 0 Å². The van der Waals surface area contributed by atoms with Crippen molar-refractivity contribution < 1.29 is 43.8 Å². The van der Waals surface area contributed by atoms with Crippen LogP contribution in [0.2, 0.25) is 0 Å². The molecule has 2 nitrogen and oxygen atoms in total. The first-order chi connectivity index (χ1) is 15.2. The van der Waals surface area contributed by atoms with Gasteiger partial charge in [0.15, 0.2) is 17.5 Å². The average Bonchev–Trinajstić information content (AvgIpc) is 2.72. The highest BCUT2D eigenvalue weighted by molar-refractivity contribution is 8.00. The van der Waals surface area contributed by atoms with Crippen LogP contribution in [-0.4, -0.2) is 19.5 Å². The number of benzene rings is 3. The van der Waals surface area contributed by atoms with Gasteiger partial charge in [-0.2, -0.15) is 0 Å². The van der Waals surface area contributed by atoms with Crippen molar-refractivity contribution in [2.24, 2.45) is 0 Å². The highest BCUT2D eigenvalue weighted by atomic mass is 32.2. The Morgan fingerprint density at radius 1 is 0.697 bits per heavy atom. The average molecular weight is 496 g/mol. The second-order valence-corrected chi connectivity index (χ2v) is 10.4.